The molecule has 0 fully saturated rings. The molecule has 4 rings (SSSR count). The Morgan fingerprint density at radius 3 is 2.48 bits per heavy atom. The van der Waals surface area contributed by atoms with Crippen LogP contribution in [-0.2, 0) is 25.0 Å². The van der Waals surface area contributed by atoms with E-state index in [2.05, 4.69) is 83.2 Å². The predicted octanol–water partition coefficient (Wildman–Crippen LogP) is 4.63. The lowest BCUT2D eigenvalue weighted by molar-refractivity contribution is 0.379. The van der Waals surface area contributed by atoms with Gasteiger partial charge in [0.1, 0.15) is 5.76 Å². The number of fused-ring (bicyclic) bond motifs is 1. The molecule has 0 amide bonds. The molecule has 0 saturated heterocycles. The molecule has 2 aromatic heterocycles. The Labute approximate surface area is 195 Å². The second-order valence-corrected chi connectivity index (χ2v) is 9.09. The van der Waals surface area contributed by atoms with E-state index in [1.165, 1.54) is 5.56 Å². The van der Waals surface area contributed by atoms with E-state index in [4.69, 9.17) is 9.41 Å². The SMILES string of the molecule is CCNC(=NCc1ccc(Cn2cnc3ccccc32)cc1)NCc1ncc(C(C)(C)C)o1. The predicted molar refractivity (Wildman–Crippen MR) is 132 cm³/mol. The fraction of sp³-hybridized carbons (Fsp3) is 0.346. The molecule has 0 aliphatic heterocycles. The van der Waals surface area contributed by atoms with Crippen LogP contribution in [0.4, 0.5) is 0 Å². The summed E-state index contributed by atoms with van der Waals surface area (Å²) in [5.74, 6) is 2.27. The highest BCUT2D eigenvalue weighted by Crippen LogP contribution is 2.22. The first kappa shape index (κ1) is 22.6. The number of hydrogen-bond donors (Lipinski definition) is 2. The average molecular weight is 445 g/mol. The molecular weight excluding hydrogens is 412 g/mol. The molecular formula is C26H32N6O. The maximum Gasteiger partial charge on any atom is 0.213 e. The normalized spacial score (nSPS) is 12.3. The topological polar surface area (TPSA) is 80.3 Å². The summed E-state index contributed by atoms with van der Waals surface area (Å²) >= 11 is 0. The van der Waals surface area contributed by atoms with Crippen LogP contribution in [0.5, 0.6) is 0 Å². The number of guanidine groups is 1. The zero-order valence-electron chi connectivity index (χ0n) is 19.8. The summed E-state index contributed by atoms with van der Waals surface area (Å²) in [5.41, 5.74) is 4.49. The molecule has 7 heteroatoms. The van der Waals surface area contributed by atoms with Crippen molar-refractivity contribution in [3.63, 3.8) is 0 Å². The maximum atomic E-state index is 5.86. The Hall–Kier alpha value is -3.61. The number of imidazole rings is 1. The summed E-state index contributed by atoms with van der Waals surface area (Å²) in [6.45, 7) is 11.0. The fourth-order valence-corrected chi connectivity index (χ4v) is 3.49. The number of aliphatic imine (C=N–C) groups is 1. The average Bonchev–Trinajstić information content (AvgIpc) is 3.44. The number of nitrogens with one attached hydrogen (secondary N) is 2. The van der Waals surface area contributed by atoms with E-state index in [9.17, 15) is 0 Å². The van der Waals surface area contributed by atoms with Crippen LogP contribution in [0.25, 0.3) is 11.0 Å². The second kappa shape index (κ2) is 9.90. The summed E-state index contributed by atoms with van der Waals surface area (Å²) in [7, 11) is 0. The van der Waals surface area contributed by atoms with Crippen molar-refractivity contribution in [2.24, 2.45) is 4.99 Å². The molecule has 33 heavy (non-hydrogen) atoms. The molecule has 0 spiro atoms. The monoisotopic (exact) mass is 444 g/mol. The van der Waals surface area contributed by atoms with Gasteiger partial charge in [0.05, 0.1) is 36.6 Å². The van der Waals surface area contributed by atoms with Crippen LogP contribution in [0.3, 0.4) is 0 Å². The van der Waals surface area contributed by atoms with E-state index in [1.807, 2.05) is 24.5 Å². The highest BCUT2D eigenvalue weighted by Gasteiger charge is 2.19. The van der Waals surface area contributed by atoms with Crippen LogP contribution < -0.4 is 10.6 Å². The number of hydrogen-bond acceptors (Lipinski definition) is 4. The van der Waals surface area contributed by atoms with E-state index >= 15 is 0 Å². The number of rotatable bonds is 7. The van der Waals surface area contributed by atoms with Gasteiger partial charge in [-0.3, -0.25) is 0 Å². The zero-order valence-corrected chi connectivity index (χ0v) is 19.8. The van der Waals surface area contributed by atoms with Crippen LogP contribution >= 0.6 is 0 Å². The van der Waals surface area contributed by atoms with Gasteiger partial charge in [-0.2, -0.15) is 0 Å². The van der Waals surface area contributed by atoms with Crippen LogP contribution in [-0.4, -0.2) is 27.0 Å². The summed E-state index contributed by atoms with van der Waals surface area (Å²) in [6, 6.07) is 16.8. The minimum atomic E-state index is -0.0546. The Balaban J connectivity index is 1.36. The maximum absolute atomic E-state index is 5.86. The molecule has 0 atom stereocenters. The molecule has 0 radical (unpaired) electrons. The molecule has 172 valence electrons. The largest absolute Gasteiger partial charge is 0.443 e. The highest BCUT2D eigenvalue weighted by atomic mass is 16.4. The van der Waals surface area contributed by atoms with Gasteiger partial charge in [0.2, 0.25) is 5.89 Å². The first-order chi connectivity index (χ1) is 15.9. The fourth-order valence-electron chi connectivity index (χ4n) is 3.49. The van der Waals surface area contributed by atoms with Gasteiger partial charge >= 0.3 is 0 Å². The van der Waals surface area contributed by atoms with Gasteiger partial charge in [-0.25, -0.2) is 15.0 Å². The third-order valence-corrected chi connectivity index (χ3v) is 5.37. The Morgan fingerprint density at radius 2 is 1.76 bits per heavy atom. The van der Waals surface area contributed by atoms with E-state index < -0.39 is 0 Å². The summed E-state index contributed by atoms with van der Waals surface area (Å²) < 4.78 is 8.03. The van der Waals surface area contributed by atoms with Gasteiger partial charge in [0.25, 0.3) is 0 Å². The summed E-state index contributed by atoms with van der Waals surface area (Å²) in [6.07, 6.45) is 3.70. The number of para-hydroxylation sites is 2. The lowest BCUT2D eigenvalue weighted by Gasteiger charge is -2.13. The third kappa shape index (κ3) is 5.80. The quantitative estimate of drug-likeness (QED) is 0.321. The number of benzene rings is 2. The first-order valence-electron chi connectivity index (χ1n) is 11.4. The molecule has 2 N–H and O–H groups in total. The van der Waals surface area contributed by atoms with Gasteiger partial charge in [0.15, 0.2) is 5.96 Å². The van der Waals surface area contributed by atoms with E-state index in [0.29, 0.717) is 19.0 Å². The zero-order chi connectivity index (χ0) is 23.3. The number of aromatic nitrogens is 3. The molecule has 4 aromatic rings. The van der Waals surface area contributed by atoms with Crippen molar-refractivity contribution >= 4 is 17.0 Å². The van der Waals surface area contributed by atoms with E-state index in [1.54, 1.807) is 6.20 Å². The number of nitrogens with zero attached hydrogens (tertiary/aromatic N) is 4. The highest BCUT2D eigenvalue weighted by molar-refractivity contribution is 5.79. The van der Waals surface area contributed by atoms with Crippen molar-refractivity contribution in [3.8, 4) is 0 Å². The van der Waals surface area contributed by atoms with Gasteiger partial charge in [-0.15, -0.1) is 0 Å². The smallest absolute Gasteiger partial charge is 0.213 e. The molecule has 0 saturated carbocycles. The molecule has 2 heterocycles. The first-order valence-corrected chi connectivity index (χ1v) is 11.4. The molecule has 0 bridgehead atoms. The van der Waals surface area contributed by atoms with Crippen molar-refractivity contribution < 1.29 is 4.42 Å². The van der Waals surface area contributed by atoms with E-state index in [0.717, 1.165) is 41.4 Å². The molecule has 0 aliphatic rings. The summed E-state index contributed by atoms with van der Waals surface area (Å²) in [5, 5.41) is 6.58. The second-order valence-electron chi connectivity index (χ2n) is 9.09. The standard InChI is InChI=1S/C26H32N6O/c1-5-27-25(30-16-24-28-15-23(33-24)26(2,3)4)29-14-19-10-12-20(13-11-19)17-32-18-31-21-8-6-7-9-22(21)32/h6-13,15,18H,5,14,16-17H2,1-4H3,(H2,27,29,30). The van der Waals surface area contributed by atoms with Crippen LogP contribution in [0.1, 0.15) is 50.5 Å². The van der Waals surface area contributed by atoms with Gasteiger partial charge < -0.3 is 19.6 Å². The van der Waals surface area contributed by atoms with Crippen LogP contribution in [0.2, 0.25) is 0 Å². The minimum absolute atomic E-state index is 0.0546. The van der Waals surface area contributed by atoms with Gasteiger partial charge in [0, 0.05) is 18.5 Å². The Kier molecular flexibility index (Phi) is 6.77. The molecule has 2 aromatic carbocycles. The van der Waals surface area contributed by atoms with Crippen molar-refractivity contribution in [3.05, 3.63) is 83.8 Å². The lowest BCUT2D eigenvalue weighted by Crippen LogP contribution is -2.36. The van der Waals surface area contributed by atoms with Crippen molar-refractivity contribution in [1.29, 1.82) is 0 Å². The Morgan fingerprint density at radius 1 is 1.00 bits per heavy atom. The van der Waals surface area contributed by atoms with Crippen molar-refractivity contribution in [2.75, 3.05) is 6.54 Å². The third-order valence-electron chi connectivity index (χ3n) is 5.37. The van der Waals surface area contributed by atoms with E-state index in [-0.39, 0.29) is 5.41 Å². The Bertz CT molecular complexity index is 1210. The number of oxazole rings is 1. The molecule has 0 unspecified atom stereocenters. The molecule has 7 nitrogen and oxygen atoms in total. The van der Waals surface area contributed by atoms with Crippen LogP contribution in [0.15, 0.2) is 70.5 Å². The summed E-state index contributed by atoms with van der Waals surface area (Å²) in [4.78, 5) is 13.6. The van der Waals surface area contributed by atoms with Gasteiger partial charge in [-0.05, 0) is 30.2 Å². The van der Waals surface area contributed by atoms with Crippen molar-refractivity contribution in [1.82, 2.24) is 25.2 Å². The van der Waals surface area contributed by atoms with Gasteiger partial charge in [-0.1, -0.05) is 57.2 Å². The van der Waals surface area contributed by atoms with Crippen molar-refractivity contribution in [2.45, 2.75) is 52.7 Å². The van der Waals surface area contributed by atoms with Crippen LogP contribution in [0, 0.1) is 0 Å². The lowest BCUT2D eigenvalue weighted by atomic mass is 9.94. The molecule has 0 aliphatic carbocycles. The minimum Gasteiger partial charge on any atom is -0.443 e.